The molecule has 0 aliphatic rings. The van der Waals surface area contributed by atoms with Gasteiger partial charge in [-0.2, -0.15) is 0 Å². The van der Waals surface area contributed by atoms with E-state index in [1.54, 1.807) is 0 Å². The molecule has 14 rings (SSSR count). The first-order valence-corrected chi connectivity index (χ1v) is 56.3. The average Bonchev–Trinajstić information content (AvgIpc) is 0.821. The van der Waals surface area contributed by atoms with E-state index in [1.165, 1.54) is 235 Å². The van der Waals surface area contributed by atoms with Gasteiger partial charge < -0.3 is 0 Å². The van der Waals surface area contributed by atoms with E-state index < -0.39 is 0 Å². The number of rotatable bonds is 36. The van der Waals surface area contributed by atoms with E-state index in [0.29, 0.717) is 5.92 Å². The van der Waals surface area contributed by atoms with E-state index in [9.17, 15) is 0 Å². The fourth-order valence-electron chi connectivity index (χ4n) is 15.1. The van der Waals surface area contributed by atoms with E-state index in [2.05, 4.69) is 491 Å². The number of unbranched alkanes of at least 4 members (excludes halogenated alkanes) is 11. The smallest absolute Gasteiger partial charge is 0.0654 e. The molecule has 0 saturated heterocycles. The van der Waals surface area contributed by atoms with Crippen molar-refractivity contribution in [1.29, 1.82) is 0 Å². The molecule has 0 unspecified atom stereocenters. The summed E-state index contributed by atoms with van der Waals surface area (Å²) in [6.07, 6.45) is 26.7. The summed E-state index contributed by atoms with van der Waals surface area (Å²) in [7, 11) is 0.781. The highest BCUT2D eigenvalue weighted by Gasteiger charge is 2.33. The lowest BCUT2D eigenvalue weighted by Crippen LogP contribution is -2.16. The molecule has 6 heteroatoms. The summed E-state index contributed by atoms with van der Waals surface area (Å²) in [5.74, 6) is 5.10. The number of aryl methyl sites for hydroxylation is 3. The van der Waals surface area contributed by atoms with Gasteiger partial charge in [-0.1, -0.05) is 385 Å². The molecule has 0 fully saturated rings. The van der Waals surface area contributed by atoms with Crippen LogP contribution in [0.3, 0.4) is 0 Å². The first kappa shape index (κ1) is 104. The van der Waals surface area contributed by atoms with Gasteiger partial charge in [-0.05, 0) is 271 Å². The predicted molar refractivity (Wildman–Crippen MR) is 577 cm³/mol. The van der Waals surface area contributed by atoms with Crippen molar-refractivity contribution in [3.63, 3.8) is 0 Å². The largest absolute Gasteiger partial charge is 0.169 e. The minimum absolute atomic E-state index is 0.0262. The first-order valence-electron chi connectivity index (χ1n) is 48.0. The van der Waals surface area contributed by atoms with Crippen LogP contribution in [0.1, 0.15) is 232 Å². The summed E-state index contributed by atoms with van der Waals surface area (Å²) >= 11 is 0. The summed E-state index contributed by atoms with van der Waals surface area (Å²) in [5.41, 5.74) is 8.92. The third-order valence-corrected chi connectivity index (χ3v) is 36.5. The number of hydrogen-bond acceptors (Lipinski definition) is 0. The maximum absolute atomic E-state index is 2.34. The minimum Gasteiger partial charge on any atom is -0.0654 e. The van der Waals surface area contributed by atoms with Crippen LogP contribution >= 0.6 is 0 Å². The molecule has 14 aromatic rings. The molecule has 0 N–H and O–H groups in total. The Labute approximate surface area is 801 Å². The van der Waals surface area contributed by atoms with Gasteiger partial charge in [0.1, 0.15) is 23.5 Å². The lowest BCUT2D eigenvalue weighted by Gasteiger charge is -2.19. The molecule has 0 radical (unpaired) electrons. The summed E-state index contributed by atoms with van der Waals surface area (Å²) in [5, 5.41) is 0. The molecule has 0 saturated carbocycles. The van der Waals surface area contributed by atoms with Gasteiger partial charge in [-0.25, -0.2) is 0 Å². The Bertz CT molecular complexity index is 4980. The average molecular weight is 1820 g/mol. The number of hydrogen-bond donors (Lipinski definition) is 0. The van der Waals surface area contributed by atoms with Crippen LogP contribution in [0.4, 0.5) is 0 Å². The molecule has 0 atom stereocenters. The van der Waals surface area contributed by atoms with E-state index in [0.717, 1.165) is 10.9 Å². The van der Waals surface area contributed by atoms with Gasteiger partial charge in [0.15, 0.2) is 68.5 Å². The van der Waals surface area contributed by atoms with Crippen molar-refractivity contribution in [2.75, 3.05) is 23.5 Å². The Kier molecular flexibility index (Phi) is 46.8. The Hall–Kier alpha value is -8.82. The van der Waals surface area contributed by atoms with Crippen LogP contribution in [-0.4, -0.2) is 23.5 Å². The lowest BCUT2D eigenvalue weighted by atomic mass is 9.87. The Morgan fingerprint density at radius 2 is 0.450 bits per heavy atom. The summed E-state index contributed by atoms with van der Waals surface area (Å²) in [4.78, 5) is 19.4. The third kappa shape index (κ3) is 35.7. The van der Waals surface area contributed by atoms with Crippen LogP contribution in [0.25, 0.3) is 0 Å². The Morgan fingerprint density at radius 1 is 0.225 bits per heavy atom. The third-order valence-electron chi connectivity index (χ3n) is 22.9. The first-order chi connectivity index (χ1) is 62.8. The van der Waals surface area contributed by atoms with E-state index in [4.69, 9.17) is 0 Å². The second-order valence-electron chi connectivity index (χ2n) is 35.7. The fraction of sp³-hybridized carbons (Fsp3) is 0.317. The van der Waals surface area contributed by atoms with Gasteiger partial charge >= 0.3 is 0 Å². The van der Waals surface area contributed by atoms with Crippen molar-refractivity contribution in [1.82, 2.24) is 0 Å². The van der Waals surface area contributed by atoms with Crippen LogP contribution in [0.5, 0.6) is 0 Å². The van der Waals surface area contributed by atoms with Gasteiger partial charge in [0, 0.05) is 5.56 Å². The SMILES string of the molecule is CC(C)c1ccc([S+](c2ccccc2)c2ccccc2)cc1.CCCCCCCCc1ccc([S+](c2ccccc2)c2ccccc2)cc1.CCCCCCc1ccc([S+](c2ccccc2)c2ccccc2)cc1.CCCC[S+](CCCC)CCCC.C[S+](c1ccc(C(C)(C)C)cc1)c1ccc(C(C)(C)C)cc1.Cc1ccccc1[S+](c1ccccc1)c1ccccc1. The molecule has 0 heterocycles. The molecule has 0 aliphatic carbocycles. The molecule has 14 aromatic carbocycles. The van der Waals surface area contributed by atoms with Crippen molar-refractivity contribution in [3.05, 3.63) is 422 Å². The van der Waals surface area contributed by atoms with E-state index in [1.807, 2.05) is 0 Å². The van der Waals surface area contributed by atoms with Crippen LogP contribution < -0.4 is 0 Å². The maximum atomic E-state index is 2.34. The van der Waals surface area contributed by atoms with Crippen LogP contribution in [0, 0.1) is 6.92 Å². The molecule has 0 nitrogen and oxygen atoms in total. The zero-order chi connectivity index (χ0) is 91.7. The van der Waals surface area contributed by atoms with Gasteiger partial charge in [0.05, 0.1) is 54.5 Å². The second kappa shape index (κ2) is 58.2. The second-order valence-corrected chi connectivity index (χ2v) is 48.2. The van der Waals surface area contributed by atoms with Gasteiger partial charge in [-0.15, -0.1) is 0 Å². The van der Waals surface area contributed by atoms with Gasteiger partial charge in [0.25, 0.3) is 0 Å². The zero-order valence-electron chi connectivity index (χ0n) is 80.8. The summed E-state index contributed by atoms with van der Waals surface area (Å²) in [6, 6.07) is 141. The summed E-state index contributed by atoms with van der Waals surface area (Å²) in [6.45, 7) is 31.7. The maximum Gasteiger partial charge on any atom is 0.169 e. The standard InChI is InChI=1S/C26H31S.C24H27S.C21H21S.C21H29S.C19H17S.C12H27S/c1-2-3-4-5-6-9-14-23-19-21-26(22-20-23)27(24-15-10-7-11-16-24)25-17-12-8-13-18-25;1-2-3-4-7-12-21-17-19-24(20-18-21)25(22-13-8-5-9-14-22)23-15-10-6-11-16-23;1-17(2)18-13-15-21(16-14-18)22(19-9-5-3-6-10-19)20-11-7-4-8-12-20;1-20(2,3)16-8-12-18(13-9-16)22(7)19-14-10-17(11-15-19)21(4,5)6;1-16-10-8-9-15-19(16)20(17-11-4-2-5-12-17)18-13-6-3-7-14-18;1-4-7-10-13(11-8-5-2)12-9-6-3/h7-8,10-13,15-22H,2-6,9,14H2,1H3;5-6,8-11,13-20H,2-4,7,12H2,1H3;3-17H,1-2H3;8-15H,1-7H3;2-15H,1H3;4-12H2,1-3H3/q6*+1. The molecule has 0 aromatic heterocycles. The zero-order valence-corrected chi connectivity index (χ0v) is 85.7. The number of benzene rings is 14. The molecule has 0 spiro atoms. The molecule has 0 bridgehead atoms. The van der Waals surface area contributed by atoms with Gasteiger partial charge in [0.2, 0.25) is 0 Å². The van der Waals surface area contributed by atoms with Crippen LogP contribution in [0.15, 0.2) is 457 Å². The fourth-order valence-corrected chi connectivity index (χ4v) is 27.7. The molecule has 0 amide bonds. The minimum atomic E-state index is -0.0361. The van der Waals surface area contributed by atoms with E-state index in [-0.39, 0.29) is 65.3 Å². The highest BCUT2D eigenvalue weighted by atomic mass is 32.2. The van der Waals surface area contributed by atoms with Crippen molar-refractivity contribution < 1.29 is 0 Å². The van der Waals surface area contributed by atoms with Crippen molar-refractivity contribution in [3.8, 4) is 0 Å². The molecular formula is C123H152S6+6. The quantitative estimate of drug-likeness (QED) is 0.0271. The van der Waals surface area contributed by atoms with Crippen molar-refractivity contribution >= 4 is 65.4 Å². The predicted octanol–water partition coefficient (Wildman–Crippen LogP) is 35.5. The Morgan fingerprint density at radius 3 is 0.713 bits per heavy atom. The lowest BCUT2D eigenvalue weighted by molar-refractivity contribution is 0.589. The van der Waals surface area contributed by atoms with Crippen LogP contribution in [-0.2, 0) is 89.0 Å². The van der Waals surface area contributed by atoms with Crippen molar-refractivity contribution in [2.24, 2.45) is 0 Å². The molecule has 0 aliphatic heterocycles. The Balaban J connectivity index is 0.000000177. The summed E-state index contributed by atoms with van der Waals surface area (Å²) < 4.78 is 0. The highest BCUT2D eigenvalue weighted by molar-refractivity contribution is 7.98. The molecule has 129 heavy (non-hydrogen) atoms. The topological polar surface area (TPSA) is 0 Å². The van der Waals surface area contributed by atoms with Crippen LogP contribution in [0.2, 0.25) is 0 Å². The molecular weight excluding hydrogens is 1670 g/mol. The monoisotopic (exact) mass is 1820 g/mol. The van der Waals surface area contributed by atoms with E-state index >= 15 is 0 Å². The van der Waals surface area contributed by atoms with Crippen molar-refractivity contribution in [2.45, 2.75) is 298 Å². The molecule has 674 valence electrons. The highest BCUT2D eigenvalue weighted by Crippen LogP contribution is 2.38. The normalized spacial score (nSPS) is 11.3. The van der Waals surface area contributed by atoms with Gasteiger partial charge in [-0.3, -0.25) is 0 Å².